The number of anilines is 1. The van der Waals surface area contributed by atoms with E-state index in [1.165, 1.54) is 6.33 Å². The fourth-order valence-electron chi connectivity index (χ4n) is 2.02. The summed E-state index contributed by atoms with van der Waals surface area (Å²) in [6, 6.07) is 16.4. The highest BCUT2D eigenvalue weighted by atomic mass is 16.5. The van der Waals surface area contributed by atoms with Crippen LogP contribution in [-0.4, -0.2) is 15.8 Å². The van der Waals surface area contributed by atoms with Crippen molar-refractivity contribution in [2.45, 2.75) is 0 Å². The molecule has 0 spiro atoms. The van der Waals surface area contributed by atoms with Gasteiger partial charge in [-0.15, -0.1) is 0 Å². The van der Waals surface area contributed by atoms with Crippen molar-refractivity contribution in [2.75, 3.05) is 5.73 Å². The zero-order valence-electron chi connectivity index (χ0n) is 12.6. The van der Waals surface area contributed by atoms with Crippen LogP contribution in [0.15, 0.2) is 60.9 Å². The summed E-state index contributed by atoms with van der Waals surface area (Å²) in [6.45, 7) is 0. The number of rotatable bonds is 5. The van der Waals surface area contributed by atoms with Gasteiger partial charge in [-0.25, -0.2) is 9.97 Å². The monoisotopic (exact) mass is 321 g/mol. The molecule has 2 aromatic carbocycles. The summed E-state index contributed by atoms with van der Waals surface area (Å²) in [5.41, 5.74) is 11.4. The second-order valence-corrected chi connectivity index (χ2v) is 4.84. The van der Waals surface area contributed by atoms with E-state index in [0.717, 1.165) is 5.75 Å². The standard InChI is InChI=1S/C17H15N5O2/c18-15(19)14-16(20)21-10-22-17(14)24-13-8-6-12(7-9-13)23-11-4-2-1-3-5-11/h1-10H,(H3,18,19)(H2,20,21,22). The Morgan fingerprint density at radius 2 is 1.42 bits per heavy atom. The quantitative estimate of drug-likeness (QED) is 0.491. The number of nitrogen functional groups attached to an aromatic ring is 2. The third-order valence-electron chi connectivity index (χ3n) is 3.13. The van der Waals surface area contributed by atoms with Crippen LogP contribution in [0.25, 0.3) is 0 Å². The van der Waals surface area contributed by atoms with Crippen molar-refractivity contribution >= 4 is 11.7 Å². The van der Waals surface area contributed by atoms with Crippen LogP contribution >= 0.6 is 0 Å². The Balaban J connectivity index is 1.78. The second-order valence-electron chi connectivity index (χ2n) is 4.84. The van der Waals surface area contributed by atoms with E-state index >= 15 is 0 Å². The first-order valence-electron chi connectivity index (χ1n) is 7.09. The summed E-state index contributed by atoms with van der Waals surface area (Å²) in [5, 5.41) is 7.56. The van der Waals surface area contributed by atoms with E-state index in [4.69, 9.17) is 26.4 Å². The number of para-hydroxylation sites is 1. The highest BCUT2D eigenvalue weighted by molar-refractivity contribution is 6.01. The van der Waals surface area contributed by atoms with Crippen LogP contribution in [0.5, 0.6) is 23.1 Å². The number of hydrogen-bond acceptors (Lipinski definition) is 6. The molecule has 1 heterocycles. The first kappa shape index (κ1) is 15.3. The molecule has 0 aliphatic carbocycles. The van der Waals surface area contributed by atoms with E-state index in [-0.39, 0.29) is 23.1 Å². The molecule has 0 aliphatic rings. The molecule has 0 amide bonds. The molecule has 120 valence electrons. The van der Waals surface area contributed by atoms with Crippen LogP contribution in [-0.2, 0) is 0 Å². The Labute approximate surface area is 138 Å². The molecule has 0 radical (unpaired) electrons. The average molecular weight is 321 g/mol. The SMILES string of the molecule is N=C(N)c1c(N)ncnc1Oc1ccc(Oc2ccccc2)cc1. The minimum atomic E-state index is -0.257. The van der Waals surface area contributed by atoms with Gasteiger partial charge in [-0.3, -0.25) is 5.41 Å². The lowest BCUT2D eigenvalue weighted by Gasteiger charge is -2.11. The predicted octanol–water partition coefficient (Wildman–Crippen LogP) is 2.93. The lowest BCUT2D eigenvalue weighted by molar-refractivity contribution is 0.455. The van der Waals surface area contributed by atoms with Gasteiger partial charge in [0.2, 0.25) is 5.88 Å². The number of ether oxygens (including phenoxy) is 2. The van der Waals surface area contributed by atoms with Crippen molar-refractivity contribution in [3.8, 4) is 23.1 Å². The number of nitrogens with two attached hydrogens (primary N) is 2. The number of aromatic nitrogens is 2. The molecule has 0 saturated carbocycles. The fourth-order valence-corrected chi connectivity index (χ4v) is 2.02. The number of amidine groups is 1. The summed E-state index contributed by atoms with van der Waals surface area (Å²) < 4.78 is 11.4. The number of hydrogen-bond donors (Lipinski definition) is 3. The van der Waals surface area contributed by atoms with Crippen LogP contribution in [0, 0.1) is 5.41 Å². The van der Waals surface area contributed by atoms with Gasteiger partial charge in [0.25, 0.3) is 0 Å². The van der Waals surface area contributed by atoms with Crippen molar-refractivity contribution < 1.29 is 9.47 Å². The number of nitrogens with one attached hydrogen (secondary N) is 1. The summed E-state index contributed by atoms with van der Waals surface area (Å²) in [5.74, 6) is 1.89. The summed E-state index contributed by atoms with van der Waals surface area (Å²) in [7, 11) is 0. The van der Waals surface area contributed by atoms with E-state index in [1.54, 1.807) is 24.3 Å². The van der Waals surface area contributed by atoms with Crippen molar-refractivity contribution in [1.29, 1.82) is 5.41 Å². The van der Waals surface area contributed by atoms with Gasteiger partial charge >= 0.3 is 0 Å². The first-order valence-corrected chi connectivity index (χ1v) is 7.09. The Morgan fingerprint density at radius 1 is 0.833 bits per heavy atom. The van der Waals surface area contributed by atoms with Gasteiger partial charge in [-0.1, -0.05) is 18.2 Å². The lowest BCUT2D eigenvalue weighted by atomic mass is 10.2. The maximum atomic E-state index is 7.56. The van der Waals surface area contributed by atoms with Crippen molar-refractivity contribution in [2.24, 2.45) is 5.73 Å². The zero-order valence-corrected chi connectivity index (χ0v) is 12.6. The predicted molar refractivity (Wildman–Crippen MR) is 90.5 cm³/mol. The molecule has 1 aromatic heterocycles. The second kappa shape index (κ2) is 6.66. The average Bonchev–Trinajstić information content (AvgIpc) is 2.57. The van der Waals surface area contributed by atoms with Gasteiger partial charge in [0.1, 0.15) is 40.8 Å². The Bertz CT molecular complexity index is 851. The van der Waals surface area contributed by atoms with Crippen LogP contribution in [0.4, 0.5) is 5.82 Å². The molecule has 0 aliphatic heterocycles. The third kappa shape index (κ3) is 3.41. The molecule has 0 bridgehead atoms. The minimum absolute atomic E-state index is 0.0940. The molecule has 0 fully saturated rings. The Kier molecular flexibility index (Phi) is 4.24. The zero-order chi connectivity index (χ0) is 16.9. The molecule has 3 aromatic rings. The van der Waals surface area contributed by atoms with Crippen LogP contribution < -0.4 is 20.9 Å². The number of benzene rings is 2. The molecule has 0 unspecified atom stereocenters. The lowest BCUT2D eigenvalue weighted by Crippen LogP contribution is -2.16. The van der Waals surface area contributed by atoms with Gasteiger partial charge in [-0.2, -0.15) is 0 Å². The molecule has 0 atom stereocenters. The van der Waals surface area contributed by atoms with E-state index in [9.17, 15) is 0 Å². The van der Waals surface area contributed by atoms with Crippen LogP contribution in [0.3, 0.4) is 0 Å². The van der Waals surface area contributed by atoms with Gasteiger partial charge in [0.05, 0.1) is 0 Å². The maximum Gasteiger partial charge on any atom is 0.235 e. The van der Waals surface area contributed by atoms with E-state index in [1.807, 2.05) is 30.3 Å². The summed E-state index contributed by atoms with van der Waals surface area (Å²) >= 11 is 0. The summed E-state index contributed by atoms with van der Waals surface area (Å²) in [6.07, 6.45) is 1.25. The Morgan fingerprint density at radius 3 is 2.04 bits per heavy atom. The smallest absolute Gasteiger partial charge is 0.235 e. The maximum absolute atomic E-state index is 7.56. The van der Waals surface area contributed by atoms with Gasteiger partial charge in [-0.05, 0) is 36.4 Å². The molecular formula is C17H15N5O2. The van der Waals surface area contributed by atoms with E-state index < -0.39 is 0 Å². The molecule has 24 heavy (non-hydrogen) atoms. The van der Waals surface area contributed by atoms with Gasteiger partial charge in [0.15, 0.2) is 0 Å². The molecule has 7 nitrogen and oxygen atoms in total. The highest BCUT2D eigenvalue weighted by Crippen LogP contribution is 2.28. The molecular weight excluding hydrogens is 306 g/mol. The van der Waals surface area contributed by atoms with Gasteiger partial charge < -0.3 is 20.9 Å². The molecule has 7 heteroatoms. The highest BCUT2D eigenvalue weighted by Gasteiger charge is 2.14. The van der Waals surface area contributed by atoms with Crippen LogP contribution in [0.2, 0.25) is 0 Å². The molecule has 0 saturated heterocycles. The first-order chi connectivity index (χ1) is 11.6. The topological polar surface area (TPSA) is 120 Å². The van der Waals surface area contributed by atoms with Crippen LogP contribution in [0.1, 0.15) is 5.56 Å². The normalized spacial score (nSPS) is 10.2. The van der Waals surface area contributed by atoms with Crippen molar-refractivity contribution in [3.05, 3.63) is 66.5 Å². The third-order valence-corrected chi connectivity index (χ3v) is 3.13. The van der Waals surface area contributed by atoms with E-state index in [2.05, 4.69) is 9.97 Å². The number of nitrogens with zero attached hydrogens (tertiary/aromatic N) is 2. The molecule has 5 N–H and O–H groups in total. The van der Waals surface area contributed by atoms with Crippen molar-refractivity contribution in [1.82, 2.24) is 9.97 Å². The van der Waals surface area contributed by atoms with Crippen molar-refractivity contribution in [3.63, 3.8) is 0 Å². The summed E-state index contributed by atoms with van der Waals surface area (Å²) in [4.78, 5) is 7.79. The molecule has 3 rings (SSSR count). The Hall–Kier alpha value is -3.61. The van der Waals surface area contributed by atoms with E-state index in [0.29, 0.717) is 11.5 Å². The fraction of sp³-hybridized carbons (Fsp3) is 0. The van der Waals surface area contributed by atoms with Gasteiger partial charge in [0, 0.05) is 0 Å². The largest absolute Gasteiger partial charge is 0.457 e. The minimum Gasteiger partial charge on any atom is -0.457 e.